The lowest BCUT2D eigenvalue weighted by atomic mass is 9.78. The van der Waals surface area contributed by atoms with Crippen molar-refractivity contribution in [3.05, 3.63) is 29.7 Å². The Labute approximate surface area is 129 Å². The second-order valence-electron chi connectivity index (χ2n) is 5.97. The molecule has 0 aliphatic heterocycles. The average molecular weight is 304 g/mol. The Morgan fingerprint density at radius 1 is 1.14 bits per heavy atom. The number of nitrogens with zero attached hydrogens (tertiary/aromatic N) is 2. The smallest absolute Gasteiger partial charge is 0.187 e. The number of ketones is 1. The van der Waals surface area contributed by atoms with Crippen LogP contribution in [0.3, 0.4) is 0 Å². The number of benzene rings is 1. The average Bonchev–Trinajstić information content (AvgIpc) is 2.44. The molecular formula is C16H20N2O4. The number of Topliss-reactive ketones (excluding diaryl/α,β-unsaturated/α-hetero) is 1. The van der Waals surface area contributed by atoms with E-state index in [9.17, 15) is 9.90 Å². The van der Waals surface area contributed by atoms with Gasteiger partial charge in [-0.15, -0.1) is 10.2 Å². The number of hydrogen-bond donors (Lipinski definition) is 1. The molecule has 22 heavy (non-hydrogen) atoms. The van der Waals surface area contributed by atoms with Crippen LogP contribution in [-0.4, -0.2) is 25.1 Å². The third kappa shape index (κ3) is 3.44. The Kier molecular flexibility index (Phi) is 4.49. The molecule has 0 aromatic heterocycles. The minimum Gasteiger partial charge on any atom is -0.510 e. The van der Waals surface area contributed by atoms with Gasteiger partial charge in [-0.2, -0.15) is 0 Å². The monoisotopic (exact) mass is 304 g/mol. The van der Waals surface area contributed by atoms with Gasteiger partial charge in [-0.3, -0.25) is 4.79 Å². The number of hydrogen-bond acceptors (Lipinski definition) is 6. The summed E-state index contributed by atoms with van der Waals surface area (Å²) < 4.78 is 10.3. The zero-order valence-corrected chi connectivity index (χ0v) is 13.2. The zero-order chi connectivity index (χ0) is 16.3. The largest absolute Gasteiger partial charge is 0.510 e. The molecule has 1 aliphatic rings. The van der Waals surface area contributed by atoms with E-state index in [2.05, 4.69) is 10.2 Å². The molecule has 118 valence electrons. The zero-order valence-electron chi connectivity index (χ0n) is 13.2. The van der Waals surface area contributed by atoms with Crippen LogP contribution >= 0.6 is 0 Å². The molecule has 0 amide bonds. The van der Waals surface area contributed by atoms with Crippen molar-refractivity contribution in [2.75, 3.05) is 14.2 Å². The highest BCUT2D eigenvalue weighted by Crippen LogP contribution is 2.37. The van der Waals surface area contributed by atoms with E-state index >= 15 is 0 Å². The topological polar surface area (TPSA) is 80.5 Å². The minimum absolute atomic E-state index is 0.0178. The summed E-state index contributed by atoms with van der Waals surface area (Å²) in [4.78, 5) is 12.1. The third-order valence-electron chi connectivity index (χ3n) is 3.47. The molecule has 1 N–H and O–H groups in total. The van der Waals surface area contributed by atoms with Gasteiger partial charge in [0.2, 0.25) is 0 Å². The SMILES string of the molecule is COc1ccc(OC)c(N=NC2=C(O)CC(C)(C)CC2=O)c1. The Balaban J connectivity index is 2.34. The number of ether oxygens (including phenoxy) is 2. The van der Waals surface area contributed by atoms with Gasteiger partial charge in [0.1, 0.15) is 22.9 Å². The molecule has 6 heteroatoms. The summed E-state index contributed by atoms with van der Waals surface area (Å²) in [6, 6.07) is 5.09. The molecule has 0 fully saturated rings. The Bertz CT molecular complexity index is 648. The van der Waals surface area contributed by atoms with Crippen LogP contribution in [0.4, 0.5) is 5.69 Å². The number of allylic oxidation sites excluding steroid dienone is 2. The maximum Gasteiger partial charge on any atom is 0.187 e. The summed E-state index contributed by atoms with van der Waals surface area (Å²) in [5.74, 6) is 0.878. The van der Waals surface area contributed by atoms with Gasteiger partial charge in [0, 0.05) is 18.9 Å². The molecule has 0 saturated heterocycles. The van der Waals surface area contributed by atoms with Crippen molar-refractivity contribution in [1.29, 1.82) is 0 Å². The fourth-order valence-corrected chi connectivity index (χ4v) is 2.37. The summed E-state index contributed by atoms with van der Waals surface area (Å²) in [7, 11) is 3.07. The lowest BCUT2D eigenvalue weighted by Gasteiger charge is -2.27. The molecule has 6 nitrogen and oxygen atoms in total. The summed E-state index contributed by atoms with van der Waals surface area (Å²) >= 11 is 0. The highest BCUT2D eigenvalue weighted by molar-refractivity contribution is 5.96. The highest BCUT2D eigenvalue weighted by atomic mass is 16.5. The first kappa shape index (κ1) is 16.0. The number of carbonyl (C=O) groups is 1. The molecular weight excluding hydrogens is 284 g/mol. The first-order valence-corrected chi connectivity index (χ1v) is 6.95. The van der Waals surface area contributed by atoms with Crippen LogP contribution < -0.4 is 9.47 Å². The maximum absolute atomic E-state index is 12.1. The standard InChI is InChI=1S/C16H20N2O4/c1-16(2)8-12(19)15(13(20)9-16)18-17-11-7-10(21-3)5-6-14(11)22-4/h5-7,19H,8-9H2,1-4H3. The Morgan fingerprint density at radius 2 is 1.86 bits per heavy atom. The van der Waals surface area contributed by atoms with E-state index in [0.717, 1.165) is 0 Å². The van der Waals surface area contributed by atoms with E-state index in [1.54, 1.807) is 25.3 Å². The summed E-state index contributed by atoms with van der Waals surface area (Å²) in [5, 5.41) is 18.0. The van der Waals surface area contributed by atoms with E-state index in [1.807, 2.05) is 13.8 Å². The molecule has 0 spiro atoms. The third-order valence-corrected chi connectivity index (χ3v) is 3.47. The minimum atomic E-state index is -0.256. The molecule has 2 rings (SSSR count). The molecule has 0 atom stereocenters. The van der Waals surface area contributed by atoms with Crippen molar-refractivity contribution in [3.8, 4) is 11.5 Å². The van der Waals surface area contributed by atoms with Crippen LogP contribution in [-0.2, 0) is 4.79 Å². The predicted molar refractivity (Wildman–Crippen MR) is 81.7 cm³/mol. The Hall–Kier alpha value is -2.37. The van der Waals surface area contributed by atoms with Gasteiger partial charge < -0.3 is 14.6 Å². The molecule has 0 saturated carbocycles. The van der Waals surface area contributed by atoms with Gasteiger partial charge in [0.15, 0.2) is 11.5 Å². The van der Waals surface area contributed by atoms with Crippen LogP contribution in [0.1, 0.15) is 26.7 Å². The van der Waals surface area contributed by atoms with Crippen molar-refractivity contribution in [1.82, 2.24) is 0 Å². The fraction of sp³-hybridized carbons (Fsp3) is 0.438. The first-order valence-electron chi connectivity index (χ1n) is 6.95. The van der Waals surface area contributed by atoms with E-state index in [1.165, 1.54) is 7.11 Å². The van der Waals surface area contributed by atoms with Crippen molar-refractivity contribution >= 4 is 11.5 Å². The number of aliphatic hydroxyl groups is 1. The molecule has 0 bridgehead atoms. The predicted octanol–water partition coefficient (Wildman–Crippen LogP) is 3.95. The molecule has 0 radical (unpaired) electrons. The van der Waals surface area contributed by atoms with Crippen molar-refractivity contribution in [2.45, 2.75) is 26.7 Å². The molecule has 0 heterocycles. The lowest BCUT2D eigenvalue weighted by molar-refractivity contribution is -0.118. The molecule has 1 aromatic rings. The van der Waals surface area contributed by atoms with Crippen LogP contribution in [0.5, 0.6) is 11.5 Å². The van der Waals surface area contributed by atoms with Gasteiger partial charge >= 0.3 is 0 Å². The van der Waals surface area contributed by atoms with Gasteiger partial charge in [-0.25, -0.2) is 0 Å². The van der Waals surface area contributed by atoms with Gasteiger partial charge in [0.05, 0.1) is 14.2 Å². The van der Waals surface area contributed by atoms with E-state index in [4.69, 9.17) is 9.47 Å². The highest BCUT2D eigenvalue weighted by Gasteiger charge is 2.33. The van der Waals surface area contributed by atoms with Crippen LogP contribution in [0.15, 0.2) is 39.9 Å². The number of methoxy groups -OCH3 is 2. The van der Waals surface area contributed by atoms with Gasteiger partial charge in [-0.1, -0.05) is 13.8 Å². The second-order valence-corrected chi connectivity index (χ2v) is 5.97. The molecule has 1 aliphatic carbocycles. The van der Waals surface area contributed by atoms with E-state index in [0.29, 0.717) is 30.0 Å². The quantitative estimate of drug-likeness (QED) is 0.854. The first-order chi connectivity index (χ1) is 10.4. The van der Waals surface area contributed by atoms with Crippen molar-refractivity contribution in [2.24, 2.45) is 15.6 Å². The molecule has 1 aromatic carbocycles. The fourth-order valence-electron chi connectivity index (χ4n) is 2.37. The summed E-state index contributed by atoms with van der Waals surface area (Å²) in [6.45, 7) is 3.86. The second kappa shape index (κ2) is 6.17. The number of rotatable bonds is 4. The van der Waals surface area contributed by atoms with Gasteiger partial charge in [0.25, 0.3) is 0 Å². The maximum atomic E-state index is 12.1. The van der Waals surface area contributed by atoms with Crippen molar-refractivity contribution < 1.29 is 19.4 Å². The normalized spacial score (nSPS) is 17.9. The van der Waals surface area contributed by atoms with E-state index < -0.39 is 0 Å². The van der Waals surface area contributed by atoms with Crippen molar-refractivity contribution in [3.63, 3.8) is 0 Å². The summed E-state index contributed by atoms with van der Waals surface area (Å²) in [6.07, 6.45) is 0.739. The molecule has 0 unspecified atom stereocenters. The van der Waals surface area contributed by atoms with Crippen LogP contribution in [0, 0.1) is 5.41 Å². The van der Waals surface area contributed by atoms with Crippen LogP contribution in [0.25, 0.3) is 0 Å². The number of azo groups is 1. The Morgan fingerprint density at radius 3 is 2.45 bits per heavy atom. The summed E-state index contributed by atoms with van der Waals surface area (Å²) in [5.41, 5.74) is 0.192. The van der Waals surface area contributed by atoms with Crippen LogP contribution in [0.2, 0.25) is 0 Å². The van der Waals surface area contributed by atoms with E-state index in [-0.39, 0.29) is 22.7 Å². The number of carbonyl (C=O) groups excluding carboxylic acids is 1. The lowest BCUT2D eigenvalue weighted by Crippen LogP contribution is -2.25. The number of aliphatic hydroxyl groups excluding tert-OH is 1. The van der Waals surface area contributed by atoms with Gasteiger partial charge in [-0.05, 0) is 17.5 Å².